The summed E-state index contributed by atoms with van der Waals surface area (Å²) < 4.78 is 0. The number of rotatable bonds is 5. The molecule has 0 unspecified atom stereocenters. The summed E-state index contributed by atoms with van der Waals surface area (Å²) >= 11 is 0. The number of aromatic nitrogens is 1. The van der Waals surface area contributed by atoms with E-state index in [9.17, 15) is 0 Å². The minimum Gasteiger partial charge on any atom is -0.359 e. The summed E-state index contributed by atoms with van der Waals surface area (Å²) in [6.07, 6.45) is 4.28. The fourth-order valence-corrected chi connectivity index (χ4v) is 1.64. The summed E-state index contributed by atoms with van der Waals surface area (Å²) in [6.45, 7) is 5.91. The van der Waals surface area contributed by atoms with Crippen molar-refractivity contribution in [2.24, 2.45) is 5.73 Å². The summed E-state index contributed by atoms with van der Waals surface area (Å²) in [4.78, 5) is 6.66. The van der Waals surface area contributed by atoms with E-state index in [1.807, 2.05) is 6.20 Å². The summed E-state index contributed by atoms with van der Waals surface area (Å²) in [5.74, 6) is 1.07. The number of hydrogen-bond acceptors (Lipinski definition) is 3. The molecule has 0 amide bonds. The molecule has 1 aromatic heterocycles. The quantitative estimate of drug-likeness (QED) is 0.804. The zero-order valence-corrected chi connectivity index (χ0v) is 9.95. The first-order chi connectivity index (χ1) is 7.19. The fraction of sp³-hybridized carbons (Fsp3) is 0.583. The van der Waals surface area contributed by atoms with Gasteiger partial charge >= 0.3 is 0 Å². The van der Waals surface area contributed by atoms with E-state index >= 15 is 0 Å². The van der Waals surface area contributed by atoms with Crippen LogP contribution in [0.25, 0.3) is 0 Å². The number of nitrogens with two attached hydrogens (primary N) is 1. The first-order valence-electron chi connectivity index (χ1n) is 5.55. The first-order valence-corrected chi connectivity index (χ1v) is 5.55. The van der Waals surface area contributed by atoms with Gasteiger partial charge in [-0.2, -0.15) is 0 Å². The molecule has 1 aromatic rings. The third-order valence-corrected chi connectivity index (χ3v) is 2.55. The molecule has 0 spiro atoms. The second-order valence-corrected chi connectivity index (χ2v) is 3.96. The van der Waals surface area contributed by atoms with Crippen molar-refractivity contribution < 1.29 is 0 Å². The van der Waals surface area contributed by atoms with Gasteiger partial charge in [-0.1, -0.05) is 13.3 Å². The summed E-state index contributed by atoms with van der Waals surface area (Å²) in [6, 6.07) is 2.12. The Balaban J connectivity index is 2.76. The highest BCUT2D eigenvalue weighted by atomic mass is 15.2. The molecule has 0 radical (unpaired) electrons. The molecule has 0 bridgehead atoms. The molecule has 3 heteroatoms. The average Bonchev–Trinajstić information content (AvgIpc) is 2.25. The van der Waals surface area contributed by atoms with Gasteiger partial charge in [0.25, 0.3) is 0 Å². The second kappa shape index (κ2) is 5.71. The monoisotopic (exact) mass is 207 g/mol. The van der Waals surface area contributed by atoms with Gasteiger partial charge in [-0.25, -0.2) is 4.98 Å². The topological polar surface area (TPSA) is 42.2 Å². The molecule has 0 aliphatic carbocycles. The minimum atomic E-state index is 0.562. The van der Waals surface area contributed by atoms with Crippen LogP contribution in [0.5, 0.6) is 0 Å². The van der Waals surface area contributed by atoms with Gasteiger partial charge in [-0.3, -0.25) is 0 Å². The summed E-state index contributed by atoms with van der Waals surface area (Å²) in [5, 5.41) is 0. The van der Waals surface area contributed by atoms with E-state index in [2.05, 4.69) is 36.8 Å². The normalized spacial score (nSPS) is 10.4. The Morgan fingerprint density at radius 1 is 1.47 bits per heavy atom. The lowest BCUT2D eigenvalue weighted by Gasteiger charge is -2.20. The third-order valence-electron chi connectivity index (χ3n) is 2.55. The van der Waals surface area contributed by atoms with Crippen LogP contribution >= 0.6 is 0 Å². The molecule has 3 nitrogen and oxygen atoms in total. The predicted octanol–water partition coefficient (Wildman–Crippen LogP) is 2.09. The minimum absolute atomic E-state index is 0.562. The number of hydrogen-bond donors (Lipinski definition) is 1. The van der Waals surface area contributed by atoms with E-state index in [1.165, 1.54) is 18.4 Å². The van der Waals surface area contributed by atoms with Crippen molar-refractivity contribution in [1.82, 2.24) is 4.98 Å². The largest absolute Gasteiger partial charge is 0.359 e. The third kappa shape index (κ3) is 3.20. The summed E-state index contributed by atoms with van der Waals surface area (Å²) in [7, 11) is 2.09. The molecule has 0 aliphatic rings. The highest BCUT2D eigenvalue weighted by Crippen LogP contribution is 2.16. The van der Waals surface area contributed by atoms with Crippen LogP contribution in [0.1, 0.15) is 30.9 Å². The maximum Gasteiger partial charge on any atom is 0.131 e. The van der Waals surface area contributed by atoms with Gasteiger partial charge in [0.15, 0.2) is 0 Å². The highest BCUT2D eigenvalue weighted by Gasteiger charge is 2.05. The zero-order chi connectivity index (χ0) is 11.3. The van der Waals surface area contributed by atoms with Crippen molar-refractivity contribution in [3.63, 3.8) is 0 Å². The van der Waals surface area contributed by atoms with Crippen molar-refractivity contribution in [3.8, 4) is 0 Å². The van der Waals surface area contributed by atoms with Crippen LogP contribution in [-0.2, 0) is 6.54 Å². The van der Waals surface area contributed by atoms with Gasteiger partial charge in [-0.05, 0) is 30.5 Å². The van der Waals surface area contributed by atoms with Gasteiger partial charge in [-0.15, -0.1) is 0 Å². The fourth-order valence-electron chi connectivity index (χ4n) is 1.64. The lowest BCUT2D eigenvalue weighted by Crippen LogP contribution is -2.20. The lowest BCUT2D eigenvalue weighted by molar-refractivity contribution is 0.757. The van der Waals surface area contributed by atoms with Gasteiger partial charge in [0.1, 0.15) is 5.82 Å². The van der Waals surface area contributed by atoms with Crippen molar-refractivity contribution in [1.29, 1.82) is 0 Å². The molecule has 15 heavy (non-hydrogen) atoms. The SMILES string of the molecule is CCCCN(C)c1ncc(CN)cc1C. The first kappa shape index (κ1) is 12.0. The second-order valence-electron chi connectivity index (χ2n) is 3.96. The van der Waals surface area contributed by atoms with Gasteiger partial charge in [0, 0.05) is 26.3 Å². The molecule has 84 valence electrons. The summed E-state index contributed by atoms with van der Waals surface area (Å²) in [5.41, 5.74) is 7.87. The van der Waals surface area contributed by atoms with Gasteiger partial charge < -0.3 is 10.6 Å². The van der Waals surface area contributed by atoms with E-state index in [0.29, 0.717) is 6.54 Å². The van der Waals surface area contributed by atoms with Crippen LogP contribution in [0, 0.1) is 6.92 Å². The van der Waals surface area contributed by atoms with E-state index in [1.54, 1.807) is 0 Å². The Hall–Kier alpha value is -1.09. The Morgan fingerprint density at radius 2 is 2.20 bits per heavy atom. The standard InChI is InChI=1S/C12H21N3/c1-4-5-6-15(3)12-10(2)7-11(8-13)9-14-12/h7,9H,4-6,8,13H2,1-3H3. The molecule has 0 atom stereocenters. The maximum absolute atomic E-state index is 5.57. The maximum atomic E-state index is 5.57. The number of aryl methyl sites for hydroxylation is 1. The Labute approximate surface area is 92.3 Å². The van der Waals surface area contributed by atoms with Crippen LogP contribution in [0.2, 0.25) is 0 Å². The number of pyridine rings is 1. The molecule has 0 aromatic carbocycles. The van der Waals surface area contributed by atoms with Crippen molar-refractivity contribution >= 4 is 5.82 Å². The van der Waals surface area contributed by atoms with Crippen LogP contribution in [0.4, 0.5) is 5.82 Å². The van der Waals surface area contributed by atoms with Gasteiger partial charge in [0.05, 0.1) is 0 Å². The van der Waals surface area contributed by atoms with E-state index in [0.717, 1.165) is 17.9 Å². The average molecular weight is 207 g/mol. The number of anilines is 1. The van der Waals surface area contributed by atoms with Crippen molar-refractivity contribution in [3.05, 3.63) is 23.4 Å². The predicted molar refractivity (Wildman–Crippen MR) is 65.0 cm³/mol. The van der Waals surface area contributed by atoms with E-state index in [-0.39, 0.29) is 0 Å². The van der Waals surface area contributed by atoms with Crippen LogP contribution < -0.4 is 10.6 Å². The molecular weight excluding hydrogens is 186 g/mol. The molecule has 0 saturated carbocycles. The number of unbranched alkanes of at least 4 members (excludes halogenated alkanes) is 1. The Kier molecular flexibility index (Phi) is 4.56. The molecule has 1 rings (SSSR count). The number of nitrogens with zero attached hydrogens (tertiary/aromatic N) is 2. The Bertz CT molecular complexity index is 310. The van der Waals surface area contributed by atoms with E-state index in [4.69, 9.17) is 5.73 Å². The highest BCUT2D eigenvalue weighted by molar-refractivity contribution is 5.46. The van der Waals surface area contributed by atoms with E-state index < -0.39 is 0 Å². The van der Waals surface area contributed by atoms with Crippen LogP contribution in [-0.4, -0.2) is 18.6 Å². The molecule has 0 aliphatic heterocycles. The van der Waals surface area contributed by atoms with Crippen LogP contribution in [0.15, 0.2) is 12.3 Å². The van der Waals surface area contributed by atoms with Crippen LogP contribution in [0.3, 0.4) is 0 Å². The van der Waals surface area contributed by atoms with Crippen molar-refractivity contribution in [2.75, 3.05) is 18.5 Å². The molecule has 1 heterocycles. The Morgan fingerprint density at radius 3 is 2.73 bits per heavy atom. The van der Waals surface area contributed by atoms with Crippen molar-refractivity contribution in [2.45, 2.75) is 33.2 Å². The molecule has 0 saturated heterocycles. The molecular formula is C12H21N3. The zero-order valence-electron chi connectivity index (χ0n) is 9.95. The lowest BCUT2D eigenvalue weighted by atomic mass is 10.2. The molecule has 2 N–H and O–H groups in total. The molecule has 0 fully saturated rings. The smallest absolute Gasteiger partial charge is 0.131 e. The van der Waals surface area contributed by atoms with Gasteiger partial charge in [0.2, 0.25) is 0 Å².